The maximum Gasteiger partial charge on any atom is 0.0715 e. The minimum atomic E-state index is 0.734. The molecule has 2 aromatic heterocycles. The number of hydrogen-bond acceptors (Lipinski definition) is 3. The Labute approximate surface area is 124 Å². The van der Waals surface area contributed by atoms with Crippen LogP contribution < -0.4 is 5.32 Å². The molecule has 0 aliphatic rings. The zero-order valence-corrected chi connectivity index (χ0v) is 12.0. The lowest BCUT2D eigenvalue weighted by Gasteiger charge is -2.11. The van der Waals surface area contributed by atoms with Crippen molar-refractivity contribution in [2.45, 2.75) is 19.9 Å². The summed E-state index contributed by atoms with van der Waals surface area (Å²) in [5.74, 6) is 0. The van der Waals surface area contributed by atoms with Crippen molar-refractivity contribution in [2.24, 2.45) is 0 Å². The van der Waals surface area contributed by atoms with Gasteiger partial charge in [0.25, 0.3) is 0 Å². The van der Waals surface area contributed by atoms with Gasteiger partial charge in [0.05, 0.1) is 11.9 Å². The molecule has 4 nitrogen and oxygen atoms in total. The van der Waals surface area contributed by atoms with Crippen molar-refractivity contribution in [3.05, 3.63) is 66.1 Å². The molecule has 0 unspecified atom stereocenters. The smallest absolute Gasteiger partial charge is 0.0715 e. The van der Waals surface area contributed by atoms with Crippen molar-refractivity contribution in [3.8, 4) is 11.3 Å². The maximum atomic E-state index is 4.16. The molecule has 0 spiro atoms. The molecular weight excluding hydrogens is 260 g/mol. The van der Waals surface area contributed by atoms with Gasteiger partial charge in [-0.3, -0.25) is 10.1 Å². The van der Waals surface area contributed by atoms with Crippen LogP contribution >= 0.6 is 0 Å². The van der Waals surface area contributed by atoms with E-state index in [0.29, 0.717) is 0 Å². The summed E-state index contributed by atoms with van der Waals surface area (Å²) in [6.07, 6.45) is 6.50. The molecule has 4 heteroatoms. The van der Waals surface area contributed by atoms with E-state index in [2.05, 4.69) is 51.7 Å². The third kappa shape index (κ3) is 2.94. The molecule has 21 heavy (non-hydrogen) atoms. The summed E-state index contributed by atoms with van der Waals surface area (Å²) in [4.78, 5) is 4.16. The molecule has 0 atom stereocenters. The number of nitrogens with one attached hydrogen (secondary N) is 2. The van der Waals surface area contributed by atoms with Crippen LogP contribution in [0.5, 0.6) is 0 Å². The van der Waals surface area contributed by atoms with E-state index in [1.807, 2.05) is 24.5 Å². The highest BCUT2D eigenvalue weighted by molar-refractivity contribution is 5.62. The van der Waals surface area contributed by atoms with Gasteiger partial charge < -0.3 is 5.32 Å². The molecule has 0 radical (unpaired) electrons. The van der Waals surface area contributed by atoms with Gasteiger partial charge in [-0.15, -0.1) is 0 Å². The predicted molar refractivity (Wildman–Crippen MR) is 85.0 cm³/mol. The molecule has 3 aromatic rings. The summed E-state index contributed by atoms with van der Waals surface area (Å²) in [6.45, 7) is 2.90. The Kier molecular flexibility index (Phi) is 3.96. The van der Waals surface area contributed by atoms with Gasteiger partial charge in [0, 0.05) is 35.8 Å². The Balaban J connectivity index is 1.79. The first kappa shape index (κ1) is 13.4. The number of anilines is 1. The number of hydrogen-bond donors (Lipinski definition) is 2. The normalized spacial score (nSPS) is 10.5. The lowest BCUT2D eigenvalue weighted by atomic mass is 10.1. The van der Waals surface area contributed by atoms with Crippen LogP contribution in [0.15, 0.2) is 55.0 Å². The quantitative estimate of drug-likeness (QED) is 0.749. The second-order valence-electron chi connectivity index (χ2n) is 4.88. The van der Waals surface area contributed by atoms with Crippen molar-refractivity contribution in [1.29, 1.82) is 0 Å². The number of aromatic nitrogens is 3. The van der Waals surface area contributed by atoms with Crippen molar-refractivity contribution in [3.63, 3.8) is 0 Å². The monoisotopic (exact) mass is 278 g/mol. The molecule has 0 bridgehead atoms. The van der Waals surface area contributed by atoms with E-state index < -0.39 is 0 Å². The molecule has 0 aliphatic heterocycles. The predicted octanol–water partition coefficient (Wildman–Crippen LogP) is 3.65. The van der Waals surface area contributed by atoms with Crippen LogP contribution in [-0.4, -0.2) is 15.2 Å². The third-order valence-corrected chi connectivity index (χ3v) is 3.54. The van der Waals surface area contributed by atoms with Gasteiger partial charge in [-0.1, -0.05) is 25.1 Å². The molecule has 3 rings (SSSR count). The summed E-state index contributed by atoms with van der Waals surface area (Å²) in [7, 11) is 0. The van der Waals surface area contributed by atoms with Gasteiger partial charge in [0.15, 0.2) is 0 Å². The summed E-state index contributed by atoms with van der Waals surface area (Å²) in [5, 5.41) is 10.7. The van der Waals surface area contributed by atoms with Crippen LogP contribution in [0.25, 0.3) is 11.3 Å². The Morgan fingerprint density at radius 3 is 2.76 bits per heavy atom. The van der Waals surface area contributed by atoms with Gasteiger partial charge >= 0.3 is 0 Å². The SMILES string of the molecule is CCc1ccccc1NCc1cn[nH]c1-c1cccnc1. The second kappa shape index (κ2) is 6.22. The van der Waals surface area contributed by atoms with Crippen molar-refractivity contribution < 1.29 is 0 Å². The van der Waals surface area contributed by atoms with Crippen molar-refractivity contribution >= 4 is 5.69 Å². The van der Waals surface area contributed by atoms with Gasteiger partial charge in [-0.05, 0) is 30.2 Å². The fraction of sp³-hybridized carbons (Fsp3) is 0.176. The first-order valence-electron chi connectivity index (χ1n) is 7.13. The Morgan fingerprint density at radius 2 is 1.95 bits per heavy atom. The average molecular weight is 278 g/mol. The summed E-state index contributed by atoms with van der Waals surface area (Å²) in [5.41, 5.74) is 5.70. The topological polar surface area (TPSA) is 53.6 Å². The zero-order valence-electron chi connectivity index (χ0n) is 12.0. The number of rotatable bonds is 5. The van der Waals surface area contributed by atoms with Crippen LogP contribution in [0.1, 0.15) is 18.1 Å². The molecular formula is C17H18N4. The maximum absolute atomic E-state index is 4.16. The number of nitrogens with zero attached hydrogens (tertiary/aromatic N) is 2. The molecule has 0 saturated heterocycles. The molecule has 0 aliphatic carbocycles. The minimum absolute atomic E-state index is 0.734. The van der Waals surface area contributed by atoms with Gasteiger partial charge in [0.1, 0.15) is 0 Å². The van der Waals surface area contributed by atoms with E-state index in [9.17, 15) is 0 Å². The summed E-state index contributed by atoms with van der Waals surface area (Å²) >= 11 is 0. The van der Waals surface area contributed by atoms with E-state index in [4.69, 9.17) is 0 Å². The summed E-state index contributed by atoms with van der Waals surface area (Å²) < 4.78 is 0. The van der Waals surface area contributed by atoms with Crippen LogP contribution in [0.2, 0.25) is 0 Å². The van der Waals surface area contributed by atoms with Crippen LogP contribution in [-0.2, 0) is 13.0 Å². The molecule has 106 valence electrons. The highest BCUT2D eigenvalue weighted by atomic mass is 15.1. The van der Waals surface area contributed by atoms with Gasteiger partial charge in [-0.2, -0.15) is 5.10 Å². The van der Waals surface area contributed by atoms with E-state index in [1.54, 1.807) is 6.20 Å². The van der Waals surface area contributed by atoms with E-state index in [0.717, 1.165) is 29.8 Å². The summed E-state index contributed by atoms with van der Waals surface area (Å²) in [6, 6.07) is 12.4. The highest BCUT2D eigenvalue weighted by Crippen LogP contribution is 2.22. The number of pyridine rings is 1. The van der Waals surface area contributed by atoms with E-state index in [1.165, 1.54) is 11.3 Å². The molecule has 1 aromatic carbocycles. The third-order valence-electron chi connectivity index (χ3n) is 3.54. The molecule has 0 amide bonds. The van der Waals surface area contributed by atoms with Gasteiger partial charge in [0.2, 0.25) is 0 Å². The molecule has 2 heterocycles. The van der Waals surface area contributed by atoms with Crippen molar-refractivity contribution in [2.75, 3.05) is 5.32 Å². The molecule has 2 N–H and O–H groups in total. The number of aryl methyl sites for hydroxylation is 1. The first-order chi connectivity index (χ1) is 10.4. The van der Waals surface area contributed by atoms with Crippen molar-refractivity contribution in [1.82, 2.24) is 15.2 Å². The van der Waals surface area contributed by atoms with Crippen LogP contribution in [0.3, 0.4) is 0 Å². The minimum Gasteiger partial charge on any atom is -0.381 e. The standard InChI is InChI=1S/C17H18N4/c1-2-13-6-3-4-8-16(13)19-11-15-12-20-21-17(15)14-7-5-9-18-10-14/h3-10,12,19H,2,11H2,1H3,(H,20,21). The van der Waals surface area contributed by atoms with E-state index in [-0.39, 0.29) is 0 Å². The second-order valence-corrected chi connectivity index (χ2v) is 4.88. The van der Waals surface area contributed by atoms with Crippen LogP contribution in [0.4, 0.5) is 5.69 Å². The number of H-pyrrole nitrogens is 1. The Bertz CT molecular complexity index is 704. The van der Waals surface area contributed by atoms with E-state index >= 15 is 0 Å². The largest absolute Gasteiger partial charge is 0.381 e. The molecule has 0 fully saturated rings. The lowest BCUT2D eigenvalue weighted by molar-refractivity contribution is 1.09. The lowest BCUT2D eigenvalue weighted by Crippen LogP contribution is -2.02. The number of aromatic amines is 1. The zero-order chi connectivity index (χ0) is 14.5. The fourth-order valence-electron chi connectivity index (χ4n) is 2.40. The number of para-hydroxylation sites is 1. The highest BCUT2D eigenvalue weighted by Gasteiger charge is 2.08. The van der Waals surface area contributed by atoms with Crippen LogP contribution in [0, 0.1) is 0 Å². The fourth-order valence-corrected chi connectivity index (χ4v) is 2.40. The Hall–Kier alpha value is -2.62. The number of benzene rings is 1. The first-order valence-corrected chi connectivity index (χ1v) is 7.13. The molecule has 0 saturated carbocycles. The Morgan fingerprint density at radius 1 is 1.05 bits per heavy atom. The van der Waals surface area contributed by atoms with Gasteiger partial charge in [-0.25, -0.2) is 0 Å². The average Bonchev–Trinajstić information content (AvgIpc) is 3.02.